The van der Waals surface area contributed by atoms with Gasteiger partial charge in [-0.1, -0.05) is 12.1 Å². The van der Waals surface area contributed by atoms with Gasteiger partial charge in [0.15, 0.2) is 0 Å². The van der Waals surface area contributed by atoms with E-state index in [2.05, 4.69) is 10.6 Å². The molecule has 0 heterocycles. The van der Waals surface area contributed by atoms with Gasteiger partial charge >= 0.3 is 0 Å². The Kier molecular flexibility index (Phi) is 9.09. The van der Waals surface area contributed by atoms with Crippen LogP contribution in [0, 0.1) is 19.7 Å². The molecule has 7 nitrogen and oxygen atoms in total. The maximum atomic E-state index is 13.3. The van der Waals surface area contributed by atoms with Crippen molar-refractivity contribution in [1.82, 2.24) is 5.32 Å². The second-order valence-corrected chi connectivity index (χ2v) is 10.6. The van der Waals surface area contributed by atoms with Gasteiger partial charge in [0.05, 0.1) is 0 Å². The molecule has 0 spiro atoms. The normalized spacial score (nSPS) is 13.0. The molecule has 0 bridgehead atoms. The predicted octanol–water partition coefficient (Wildman–Crippen LogP) is 3.47. The molecule has 3 amide bonds. The molecular formula is C25H32FN3O4S. The van der Waals surface area contributed by atoms with Crippen molar-refractivity contribution < 1.29 is 23.0 Å². The maximum absolute atomic E-state index is 13.3. The molecule has 184 valence electrons. The zero-order valence-corrected chi connectivity index (χ0v) is 21.2. The van der Waals surface area contributed by atoms with E-state index in [1.54, 1.807) is 19.1 Å². The topological polar surface area (TPSA) is 95.6 Å². The molecule has 2 aromatic rings. The fourth-order valence-electron chi connectivity index (χ4n) is 3.28. The zero-order chi connectivity index (χ0) is 25.6. The van der Waals surface area contributed by atoms with Crippen molar-refractivity contribution in [3.05, 3.63) is 59.4 Å². The summed E-state index contributed by atoms with van der Waals surface area (Å²) in [6, 6.07) is 9.74. The molecule has 2 N–H and O–H groups in total. The van der Waals surface area contributed by atoms with Crippen LogP contribution in [0.5, 0.6) is 0 Å². The highest BCUT2D eigenvalue weighted by Gasteiger charge is 2.31. The number of amides is 3. The van der Waals surface area contributed by atoms with E-state index in [1.165, 1.54) is 29.2 Å². The lowest BCUT2D eigenvalue weighted by atomic mass is 10.0. The number of aryl methyl sites for hydroxylation is 1. The van der Waals surface area contributed by atoms with Crippen LogP contribution in [-0.2, 0) is 25.2 Å². The van der Waals surface area contributed by atoms with Crippen molar-refractivity contribution in [1.29, 1.82) is 0 Å². The first-order chi connectivity index (χ1) is 15.8. The minimum absolute atomic E-state index is 0.346. The van der Waals surface area contributed by atoms with Gasteiger partial charge in [-0.2, -0.15) is 0 Å². The molecule has 2 rings (SSSR count). The number of benzene rings is 2. The molecule has 2 atom stereocenters. The largest absolute Gasteiger partial charge is 0.350 e. The molecule has 0 radical (unpaired) electrons. The van der Waals surface area contributed by atoms with Crippen LogP contribution in [0.2, 0.25) is 0 Å². The molecule has 0 aliphatic carbocycles. The molecule has 34 heavy (non-hydrogen) atoms. The Balaban J connectivity index is 2.19. The number of rotatable bonds is 8. The van der Waals surface area contributed by atoms with Crippen LogP contribution in [-0.4, -0.2) is 45.0 Å². The van der Waals surface area contributed by atoms with E-state index in [1.807, 2.05) is 40.7 Å². The third-order valence-electron chi connectivity index (χ3n) is 5.07. The van der Waals surface area contributed by atoms with Crippen LogP contribution >= 0.6 is 0 Å². The first-order valence-corrected chi connectivity index (χ1v) is 12.4. The van der Waals surface area contributed by atoms with Crippen molar-refractivity contribution in [2.75, 3.05) is 21.7 Å². The third kappa shape index (κ3) is 7.76. The number of carbonyl (C=O) groups excluding carboxylic acids is 3. The fourth-order valence-corrected chi connectivity index (χ4v) is 4.16. The Hall–Kier alpha value is -3.07. The Morgan fingerprint density at radius 3 is 2.24 bits per heavy atom. The van der Waals surface area contributed by atoms with Gasteiger partial charge in [0.25, 0.3) is 0 Å². The summed E-state index contributed by atoms with van der Waals surface area (Å²) in [7, 11) is -1.82. The van der Waals surface area contributed by atoms with Gasteiger partial charge in [-0.05, 0) is 83.0 Å². The summed E-state index contributed by atoms with van der Waals surface area (Å²) in [6.45, 7) is 10.9. The van der Waals surface area contributed by atoms with Gasteiger partial charge in [-0.25, -0.2) is 4.39 Å². The van der Waals surface area contributed by atoms with E-state index >= 15 is 0 Å². The SMILES string of the molecule is Cc1cccc(N(C(=O)C[S@](=O)CC(=O)Nc2ccc(F)cc2)[C@@H](C)C(=O)NC(C)(C)C)c1C. The van der Waals surface area contributed by atoms with E-state index in [4.69, 9.17) is 0 Å². The zero-order valence-electron chi connectivity index (χ0n) is 20.4. The molecule has 0 saturated heterocycles. The van der Waals surface area contributed by atoms with Gasteiger partial charge < -0.3 is 10.6 Å². The van der Waals surface area contributed by atoms with Crippen LogP contribution in [0.25, 0.3) is 0 Å². The van der Waals surface area contributed by atoms with Crippen molar-refractivity contribution in [2.45, 2.75) is 53.1 Å². The van der Waals surface area contributed by atoms with Crippen molar-refractivity contribution in [2.24, 2.45) is 0 Å². The summed E-state index contributed by atoms with van der Waals surface area (Å²) in [5.41, 5.74) is 2.18. The molecule has 0 unspecified atom stereocenters. The van der Waals surface area contributed by atoms with Gasteiger partial charge in [-0.15, -0.1) is 0 Å². The lowest BCUT2D eigenvalue weighted by Gasteiger charge is -2.32. The van der Waals surface area contributed by atoms with Gasteiger partial charge in [0, 0.05) is 27.7 Å². The average molecular weight is 490 g/mol. The number of carbonyl (C=O) groups is 3. The summed E-state index contributed by atoms with van der Waals surface area (Å²) in [5, 5.41) is 5.41. The number of halogens is 1. The van der Waals surface area contributed by atoms with Crippen LogP contribution in [0.3, 0.4) is 0 Å². The summed E-state index contributed by atoms with van der Waals surface area (Å²) in [5.74, 6) is -2.72. The van der Waals surface area contributed by atoms with Crippen molar-refractivity contribution in [3.63, 3.8) is 0 Å². The minimum atomic E-state index is -1.82. The maximum Gasteiger partial charge on any atom is 0.243 e. The van der Waals surface area contributed by atoms with E-state index < -0.39 is 51.5 Å². The van der Waals surface area contributed by atoms with Gasteiger partial charge in [0.1, 0.15) is 23.4 Å². The number of anilines is 2. The smallest absolute Gasteiger partial charge is 0.243 e. The first-order valence-electron chi connectivity index (χ1n) is 10.9. The van der Waals surface area contributed by atoms with Crippen LogP contribution in [0.15, 0.2) is 42.5 Å². The highest BCUT2D eigenvalue weighted by Crippen LogP contribution is 2.25. The lowest BCUT2D eigenvalue weighted by molar-refractivity contribution is -0.126. The number of hydrogen-bond acceptors (Lipinski definition) is 4. The second kappa shape index (κ2) is 11.4. The molecule has 0 fully saturated rings. The van der Waals surface area contributed by atoms with Gasteiger partial charge in [0.2, 0.25) is 17.7 Å². The van der Waals surface area contributed by atoms with E-state index in [0.717, 1.165) is 11.1 Å². The number of nitrogens with zero attached hydrogens (tertiary/aromatic N) is 1. The summed E-state index contributed by atoms with van der Waals surface area (Å²) in [6.07, 6.45) is 0. The molecule has 2 aromatic carbocycles. The number of nitrogens with one attached hydrogen (secondary N) is 2. The Bertz CT molecular complexity index is 1080. The highest BCUT2D eigenvalue weighted by atomic mass is 32.2. The Labute approximate surface area is 202 Å². The summed E-state index contributed by atoms with van der Waals surface area (Å²) < 4.78 is 25.7. The highest BCUT2D eigenvalue weighted by molar-refractivity contribution is 7.86. The Morgan fingerprint density at radius 1 is 1.03 bits per heavy atom. The van der Waals surface area contributed by atoms with E-state index in [0.29, 0.717) is 11.4 Å². The minimum Gasteiger partial charge on any atom is -0.350 e. The monoisotopic (exact) mass is 489 g/mol. The molecule has 9 heteroatoms. The predicted molar refractivity (Wildman–Crippen MR) is 134 cm³/mol. The molecule has 0 aliphatic rings. The van der Waals surface area contributed by atoms with Crippen molar-refractivity contribution in [3.8, 4) is 0 Å². The molecular weight excluding hydrogens is 457 g/mol. The van der Waals surface area contributed by atoms with Gasteiger partial charge in [-0.3, -0.25) is 23.5 Å². The fraction of sp³-hybridized carbons (Fsp3) is 0.400. The summed E-state index contributed by atoms with van der Waals surface area (Å²) >= 11 is 0. The standard InChI is InChI=1S/C25H32FN3O4S/c1-16-8-7-9-21(17(16)2)29(18(3)24(32)28-25(4,5)6)23(31)15-34(33)14-22(30)27-20-12-10-19(26)11-13-20/h7-13,18H,14-15H2,1-6H3,(H,27,30)(H,28,32)/t18-,34+/m0/s1. The molecule has 0 aliphatic heterocycles. The lowest BCUT2D eigenvalue weighted by Crippen LogP contribution is -2.54. The van der Waals surface area contributed by atoms with Crippen LogP contribution in [0.4, 0.5) is 15.8 Å². The first kappa shape index (κ1) is 27.2. The Morgan fingerprint density at radius 2 is 1.65 bits per heavy atom. The molecule has 0 aromatic heterocycles. The molecule has 0 saturated carbocycles. The van der Waals surface area contributed by atoms with Crippen molar-refractivity contribution >= 4 is 39.9 Å². The second-order valence-electron chi connectivity index (χ2n) is 9.18. The summed E-state index contributed by atoms with van der Waals surface area (Å²) in [4.78, 5) is 39.8. The number of hydrogen-bond donors (Lipinski definition) is 2. The average Bonchev–Trinajstić information content (AvgIpc) is 2.71. The van der Waals surface area contributed by atoms with E-state index in [-0.39, 0.29) is 5.91 Å². The van der Waals surface area contributed by atoms with E-state index in [9.17, 15) is 23.0 Å². The van der Waals surface area contributed by atoms with Crippen LogP contribution < -0.4 is 15.5 Å². The third-order valence-corrected chi connectivity index (χ3v) is 6.23. The van der Waals surface area contributed by atoms with Crippen LogP contribution in [0.1, 0.15) is 38.8 Å². The quantitative estimate of drug-likeness (QED) is 0.594.